The Kier molecular flexibility index (Phi) is 6.80. The summed E-state index contributed by atoms with van der Waals surface area (Å²) in [5.74, 6) is -0.915. The zero-order valence-corrected chi connectivity index (χ0v) is 20.0. The van der Waals surface area contributed by atoms with Crippen molar-refractivity contribution in [3.63, 3.8) is 0 Å². The molecular formula is C27H27F3N4O2. The Morgan fingerprint density at radius 1 is 1.00 bits per heavy atom. The lowest BCUT2D eigenvalue weighted by Crippen LogP contribution is -2.39. The van der Waals surface area contributed by atoms with Crippen LogP contribution in [-0.2, 0) is 24.2 Å². The third-order valence-corrected chi connectivity index (χ3v) is 6.80. The fraction of sp³-hybridized carbons (Fsp3) is 0.370. The molecule has 36 heavy (non-hydrogen) atoms. The molecule has 0 unspecified atom stereocenters. The lowest BCUT2D eigenvalue weighted by Gasteiger charge is -2.33. The smallest absolute Gasteiger partial charge is 0.229 e. The van der Waals surface area contributed by atoms with E-state index in [2.05, 4.69) is 16.8 Å². The maximum Gasteiger partial charge on any atom is 0.229 e. The summed E-state index contributed by atoms with van der Waals surface area (Å²) in [6.07, 6.45) is 2.72. The van der Waals surface area contributed by atoms with Gasteiger partial charge in [0.05, 0.1) is 24.2 Å². The van der Waals surface area contributed by atoms with Crippen LogP contribution in [0.5, 0.6) is 11.6 Å². The first kappa shape index (κ1) is 24.1. The van der Waals surface area contributed by atoms with Crippen molar-refractivity contribution in [3.8, 4) is 11.6 Å². The molecule has 2 aliphatic heterocycles. The maximum atomic E-state index is 13.9. The molecule has 3 aromatic rings. The van der Waals surface area contributed by atoms with E-state index >= 15 is 0 Å². The van der Waals surface area contributed by atoms with Gasteiger partial charge in [-0.1, -0.05) is 19.1 Å². The SMILES string of the molecule is CC1CCN(c2nc3c(c(Oc4ccc(F)c(F)c4)n2)CN(C(=O)Cc2ccc(F)cc2)CC3)CC1. The van der Waals surface area contributed by atoms with Crippen LogP contribution in [0.1, 0.15) is 36.6 Å². The average molecular weight is 497 g/mol. The summed E-state index contributed by atoms with van der Waals surface area (Å²) in [5, 5.41) is 0. The van der Waals surface area contributed by atoms with E-state index in [1.54, 1.807) is 17.0 Å². The normalized spacial score (nSPS) is 16.1. The van der Waals surface area contributed by atoms with Crippen molar-refractivity contribution in [2.24, 2.45) is 5.92 Å². The predicted octanol–water partition coefficient (Wildman–Crippen LogP) is 5.05. The number of halogens is 3. The van der Waals surface area contributed by atoms with Gasteiger partial charge in [0.15, 0.2) is 11.6 Å². The first-order valence-corrected chi connectivity index (χ1v) is 12.2. The number of rotatable bonds is 5. The van der Waals surface area contributed by atoms with Gasteiger partial charge >= 0.3 is 0 Å². The molecule has 188 valence electrons. The van der Waals surface area contributed by atoms with E-state index < -0.39 is 11.6 Å². The molecule has 2 aliphatic rings. The quantitative estimate of drug-likeness (QED) is 0.495. The summed E-state index contributed by atoms with van der Waals surface area (Å²) < 4.78 is 46.5. The number of fused-ring (bicyclic) bond motifs is 1. The van der Waals surface area contributed by atoms with E-state index in [1.165, 1.54) is 18.2 Å². The lowest BCUT2D eigenvalue weighted by molar-refractivity contribution is -0.131. The monoisotopic (exact) mass is 496 g/mol. The Balaban J connectivity index is 1.43. The molecule has 0 atom stereocenters. The van der Waals surface area contributed by atoms with Crippen LogP contribution in [0.4, 0.5) is 19.1 Å². The lowest BCUT2D eigenvalue weighted by atomic mass is 9.99. The second kappa shape index (κ2) is 10.2. The Labute approximate surface area is 207 Å². The van der Waals surface area contributed by atoms with Crippen molar-refractivity contribution in [3.05, 3.63) is 76.7 Å². The Morgan fingerprint density at radius 3 is 2.47 bits per heavy atom. The molecule has 1 fully saturated rings. The summed E-state index contributed by atoms with van der Waals surface area (Å²) in [6.45, 7) is 4.58. The first-order valence-electron chi connectivity index (χ1n) is 12.2. The number of carbonyl (C=O) groups excluding carboxylic acids is 1. The van der Waals surface area contributed by atoms with Crippen LogP contribution >= 0.6 is 0 Å². The maximum absolute atomic E-state index is 13.9. The second-order valence-electron chi connectivity index (χ2n) is 9.47. The number of carbonyl (C=O) groups is 1. The number of hydrogen-bond donors (Lipinski definition) is 0. The number of hydrogen-bond acceptors (Lipinski definition) is 5. The van der Waals surface area contributed by atoms with Crippen LogP contribution in [-0.4, -0.2) is 40.4 Å². The minimum atomic E-state index is -1.02. The van der Waals surface area contributed by atoms with Crippen molar-refractivity contribution >= 4 is 11.9 Å². The summed E-state index contributed by atoms with van der Waals surface area (Å²) in [6, 6.07) is 9.18. The van der Waals surface area contributed by atoms with Gasteiger partial charge in [0.2, 0.25) is 17.7 Å². The molecule has 0 N–H and O–H groups in total. The molecule has 0 radical (unpaired) electrons. The number of benzene rings is 2. The van der Waals surface area contributed by atoms with Crippen LogP contribution in [0.3, 0.4) is 0 Å². The second-order valence-corrected chi connectivity index (χ2v) is 9.47. The van der Waals surface area contributed by atoms with Crippen LogP contribution < -0.4 is 9.64 Å². The number of aromatic nitrogens is 2. The molecule has 0 spiro atoms. The standard InChI is InChI=1S/C27H27F3N4O2/c1-17-8-11-33(12-9-17)27-31-24-10-13-34(25(35)14-18-2-4-19(28)5-3-18)16-21(24)26(32-27)36-20-6-7-22(29)23(30)15-20/h2-7,15,17H,8-14,16H2,1H3. The summed E-state index contributed by atoms with van der Waals surface area (Å²) in [7, 11) is 0. The van der Waals surface area contributed by atoms with E-state index in [0.29, 0.717) is 30.4 Å². The van der Waals surface area contributed by atoms with E-state index in [-0.39, 0.29) is 36.3 Å². The molecule has 1 saturated heterocycles. The fourth-order valence-electron chi connectivity index (χ4n) is 4.56. The number of nitrogens with zero attached hydrogens (tertiary/aromatic N) is 4. The summed E-state index contributed by atoms with van der Waals surface area (Å²) >= 11 is 0. The van der Waals surface area contributed by atoms with Gasteiger partial charge in [-0.15, -0.1) is 0 Å². The van der Waals surface area contributed by atoms with Crippen LogP contribution in [0.2, 0.25) is 0 Å². The van der Waals surface area contributed by atoms with Crippen molar-refractivity contribution in [2.45, 2.75) is 39.2 Å². The molecule has 5 rings (SSSR count). The predicted molar refractivity (Wildman–Crippen MR) is 128 cm³/mol. The summed E-state index contributed by atoms with van der Waals surface area (Å²) in [4.78, 5) is 26.3. The van der Waals surface area contributed by atoms with Gasteiger partial charge < -0.3 is 14.5 Å². The van der Waals surface area contributed by atoms with Gasteiger partial charge in [-0.05, 0) is 48.6 Å². The third-order valence-electron chi connectivity index (χ3n) is 6.80. The molecular weight excluding hydrogens is 469 g/mol. The number of amides is 1. The molecule has 6 nitrogen and oxygen atoms in total. The Hall–Kier alpha value is -3.62. The van der Waals surface area contributed by atoms with E-state index in [0.717, 1.165) is 49.3 Å². The van der Waals surface area contributed by atoms with Crippen molar-refractivity contribution in [2.75, 3.05) is 24.5 Å². The minimum Gasteiger partial charge on any atom is -0.438 e. The van der Waals surface area contributed by atoms with Crippen molar-refractivity contribution in [1.29, 1.82) is 0 Å². The molecule has 0 bridgehead atoms. The zero-order valence-electron chi connectivity index (χ0n) is 20.0. The first-order chi connectivity index (χ1) is 17.4. The molecule has 2 aromatic carbocycles. The van der Waals surface area contributed by atoms with Gasteiger partial charge in [-0.3, -0.25) is 4.79 Å². The topological polar surface area (TPSA) is 58.6 Å². The molecule has 0 aliphatic carbocycles. The largest absolute Gasteiger partial charge is 0.438 e. The Bertz CT molecular complexity index is 1260. The molecule has 1 aromatic heterocycles. The number of ether oxygens (including phenoxy) is 1. The fourth-order valence-corrected chi connectivity index (χ4v) is 4.56. The van der Waals surface area contributed by atoms with Gasteiger partial charge in [-0.2, -0.15) is 4.98 Å². The molecule has 9 heteroatoms. The summed E-state index contributed by atoms with van der Waals surface area (Å²) in [5.41, 5.74) is 2.14. The van der Waals surface area contributed by atoms with Gasteiger partial charge in [0, 0.05) is 32.1 Å². The minimum absolute atomic E-state index is 0.111. The number of piperidine rings is 1. The number of anilines is 1. The van der Waals surface area contributed by atoms with Crippen LogP contribution in [0.15, 0.2) is 42.5 Å². The van der Waals surface area contributed by atoms with Crippen molar-refractivity contribution < 1.29 is 22.7 Å². The zero-order chi connectivity index (χ0) is 25.2. The highest BCUT2D eigenvalue weighted by Crippen LogP contribution is 2.33. The highest BCUT2D eigenvalue weighted by molar-refractivity contribution is 5.79. The molecule has 0 saturated carbocycles. The van der Waals surface area contributed by atoms with Gasteiger partial charge in [0.25, 0.3) is 0 Å². The highest BCUT2D eigenvalue weighted by atomic mass is 19.2. The molecule has 3 heterocycles. The van der Waals surface area contributed by atoms with Gasteiger partial charge in [0.1, 0.15) is 11.6 Å². The molecule has 1 amide bonds. The highest BCUT2D eigenvalue weighted by Gasteiger charge is 2.29. The van der Waals surface area contributed by atoms with Crippen LogP contribution in [0.25, 0.3) is 0 Å². The van der Waals surface area contributed by atoms with E-state index in [4.69, 9.17) is 9.72 Å². The van der Waals surface area contributed by atoms with Crippen molar-refractivity contribution in [1.82, 2.24) is 14.9 Å². The third kappa shape index (κ3) is 5.29. The van der Waals surface area contributed by atoms with E-state index in [9.17, 15) is 18.0 Å². The van der Waals surface area contributed by atoms with E-state index in [1.807, 2.05) is 0 Å². The Morgan fingerprint density at radius 2 is 1.75 bits per heavy atom. The van der Waals surface area contributed by atoms with Crippen LogP contribution in [0, 0.1) is 23.4 Å². The van der Waals surface area contributed by atoms with Gasteiger partial charge in [-0.25, -0.2) is 18.2 Å². The average Bonchev–Trinajstić information content (AvgIpc) is 2.87.